The zero-order valence-electron chi connectivity index (χ0n) is 16.0. The molecule has 0 saturated carbocycles. The number of methoxy groups -OCH3 is 2. The van der Waals surface area contributed by atoms with Crippen LogP contribution in [0.15, 0.2) is 54.7 Å². The number of hydrogen-bond acceptors (Lipinski definition) is 6. The molecule has 0 aliphatic carbocycles. The van der Waals surface area contributed by atoms with Gasteiger partial charge in [-0.15, -0.1) is 0 Å². The molecule has 2 aromatic carbocycles. The Balaban J connectivity index is 1.72. The van der Waals surface area contributed by atoms with Crippen molar-refractivity contribution in [3.8, 4) is 11.5 Å². The highest BCUT2D eigenvalue weighted by Crippen LogP contribution is 2.30. The van der Waals surface area contributed by atoms with Crippen LogP contribution in [0, 0.1) is 6.92 Å². The first-order valence-electron chi connectivity index (χ1n) is 8.75. The first-order valence-corrected chi connectivity index (χ1v) is 8.75. The second-order valence-electron chi connectivity index (χ2n) is 6.13. The molecule has 2 N–H and O–H groups in total. The third-order valence-electron chi connectivity index (χ3n) is 4.08. The lowest BCUT2D eigenvalue weighted by molar-refractivity contribution is 0.0946. The fraction of sp³-hybridized carbons (Fsp3) is 0.190. The molecule has 1 heterocycles. The average Bonchev–Trinajstić information content (AvgIpc) is 2.72. The van der Waals surface area contributed by atoms with Gasteiger partial charge in [-0.3, -0.25) is 4.79 Å². The van der Waals surface area contributed by atoms with Gasteiger partial charge in [0, 0.05) is 18.8 Å². The van der Waals surface area contributed by atoms with Crippen molar-refractivity contribution in [3.05, 3.63) is 71.5 Å². The van der Waals surface area contributed by atoms with E-state index in [2.05, 4.69) is 20.6 Å². The molecule has 0 atom stereocenters. The minimum absolute atomic E-state index is 0.270. The monoisotopic (exact) mass is 378 g/mol. The summed E-state index contributed by atoms with van der Waals surface area (Å²) in [6.07, 6.45) is 1.53. The average molecular weight is 378 g/mol. The van der Waals surface area contributed by atoms with Crippen LogP contribution in [-0.4, -0.2) is 30.1 Å². The van der Waals surface area contributed by atoms with Gasteiger partial charge in [-0.05, 0) is 30.7 Å². The normalized spacial score (nSPS) is 10.2. The van der Waals surface area contributed by atoms with E-state index in [9.17, 15) is 4.79 Å². The van der Waals surface area contributed by atoms with E-state index in [-0.39, 0.29) is 17.5 Å². The molecule has 0 spiro atoms. The van der Waals surface area contributed by atoms with Crippen LogP contribution in [0.1, 0.15) is 21.6 Å². The fourth-order valence-corrected chi connectivity index (χ4v) is 2.67. The molecule has 0 fully saturated rings. The second kappa shape index (κ2) is 8.85. The van der Waals surface area contributed by atoms with Gasteiger partial charge in [-0.25, -0.2) is 9.97 Å². The lowest BCUT2D eigenvalue weighted by atomic mass is 10.1. The van der Waals surface area contributed by atoms with Gasteiger partial charge in [0.1, 0.15) is 17.2 Å². The Hall–Kier alpha value is -3.61. The lowest BCUT2D eigenvalue weighted by Gasteiger charge is -2.12. The molecule has 0 radical (unpaired) electrons. The summed E-state index contributed by atoms with van der Waals surface area (Å²) < 4.78 is 10.6. The zero-order valence-corrected chi connectivity index (χ0v) is 16.0. The minimum Gasteiger partial charge on any atom is -0.497 e. The Bertz CT molecular complexity index is 975. The van der Waals surface area contributed by atoms with Crippen LogP contribution in [0.4, 0.5) is 11.6 Å². The van der Waals surface area contributed by atoms with E-state index in [1.54, 1.807) is 38.5 Å². The van der Waals surface area contributed by atoms with E-state index in [0.29, 0.717) is 23.7 Å². The topological polar surface area (TPSA) is 85.4 Å². The standard InChI is InChI=1S/C21H22N4O3/c1-14-5-4-6-15(11-14)13-23-20(26)17-9-10-22-21(24-17)25-18-12-16(27-2)7-8-19(18)28-3/h4-12H,13H2,1-3H3,(H,23,26)(H,22,24,25). The largest absolute Gasteiger partial charge is 0.497 e. The van der Waals surface area contributed by atoms with Gasteiger partial charge in [0.05, 0.1) is 19.9 Å². The van der Waals surface area contributed by atoms with Crippen LogP contribution < -0.4 is 20.1 Å². The van der Waals surface area contributed by atoms with E-state index in [4.69, 9.17) is 9.47 Å². The maximum atomic E-state index is 12.5. The number of aromatic nitrogens is 2. The number of carbonyl (C=O) groups is 1. The fourth-order valence-electron chi connectivity index (χ4n) is 2.67. The van der Waals surface area contributed by atoms with Crippen molar-refractivity contribution in [1.82, 2.24) is 15.3 Å². The predicted molar refractivity (Wildman–Crippen MR) is 107 cm³/mol. The maximum Gasteiger partial charge on any atom is 0.270 e. The summed E-state index contributed by atoms with van der Waals surface area (Å²) in [5.41, 5.74) is 3.08. The van der Waals surface area contributed by atoms with E-state index in [1.807, 2.05) is 31.2 Å². The first-order chi connectivity index (χ1) is 13.6. The number of benzene rings is 2. The van der Waals surface area contributed by atoms with Gasteiger partial charge < -0.3 is 20.1 Å². The minimum atomic E-state index is -0.274. The van der Waals surface area contributed by atoms with Gasteiger partial charge in [-0.2, -0.15) is 0 Å². The Labute approximate surface area is 163 Å². The summed E-state index contributed by atoms with van der Waals surface area (Å²) in [6.45, 7) is 2.44. The summed E-state index contributed by atoms with van der Waals surface area (Å²) in [7, 11) is 3.16. The van der Waals surface area contributed by atoms with E-state index in [1.165, 1.54) is 6.20 Å². The van der Waals surface area contributed by atoms with Gasteiger partial charge in [0.15, 0.2) is 0 Å². The van der Waals surface area contributed by atoms with Gasteiger partial charge in [-0.1, -0.05) is 29.8 Å². The number of ether oxygens (including phenoxy) is 2. The highest BCUT2D eigenvalue weighted by Gasteiger charge is 2.11. The number of amides is 1. The molecule has 7 heteroatoms. The predicted octanol–water partition coefficient (Wildman–Crippen LogP) is 3.48. The van der Waals surface area contributed by atoms with Crippen molar-refractivity contribution in [2.75, 3.05) is 19.5 Å². The maximum absolute atomic E-state index is 12.5. The lowest BCUT2D eigenvalue weighted by Crippen LogP contribution is -2.24. The first kappa shape index (κ1) is 19.2. The van der Waals surface area contributed by atoms with Crippen molar-refractivity contribution >= 4 is 17.5 Å². The Morgan fingerprint density at radius 1 is 1.07 bits per heavy atom. The van der Waals surface area contributed by atoms with Crippen LogP contribution in [0.2, 0.25) is 0 Å². The molecule has 0 saturated heterocycles. The number of nitrogens with zero attached hydrogens (tertiary/aromatic N) is 2. The number of rotatable bonds is 7. The van der Waals surface area contributed by atoms with Crippen molar-refractivity contribution in [1.29, 1.82) is 0 Å². The molecule has 7 nitrogen and oxygen atoms in total. The van der Waals surface area contributed by atoms with E-state index >= 15 is 0 Å². The van der Waals surface area contributed by atoms with Crippen molar-refractivity contribution in [2.45, 2.75) is 13.5 Å². The number of aryl methyl sites for hydroxylation is 1. The summed E-state index contributed by atoms with van der Waals surface area (Å²) in [5, 5.41) is 5.94. The molecule has 1 amide bonds. The van der Waals surface area contributed by atoms with Gasteiger partial charge >= 0.3 is 0 Å². The number of nitrogens with one attached hydrogen (secondary N) is 2. The van der Waals surface area contributed by atoms with E-state index in [0.717, 1.165) is 11.1 Å². The summed E-state index contributed by atoms with van der Waals surface area (Å²) >= 11 is 0. The smallest absolute Gasteiger partial charge is 0.270 e. The molecule has 144 valence electrons. The van der Waals surface area contributed by atoms with Gasteiger partial charge in [0.2, 0.25) is 5.95 Å². The highest BCUT2D eigenvalue weighted by molar-refractivity contribution is 5.92. The van der Waals surface area contributed by atoms with Crippen LogP contribution in [0.25, 0.3) is 0 Å². The SMILES string of the molecule is COc1ccc(OC)c(Nc2nccc(C(=O)NCc3cccc(C)c3)n2)c1. The third-order valence-corrected chi connectivity index (χ3v) is 4.08. The molecule has 1 aromatic heterocycles. The molecular weight excluding hydrogens is 356 g/mol. The molecule has 3 aromatic rings. The molecule has 0 unspecified atom stereocenters. The van der Waals surface area contributed by atoms with Crippen molar-refractivity contribution in [3.63, 3.8) is 0 Å². The third kappa shape index (κ3) is 4.76. The highest BCUT2D eigenvalue weighted by atomic mass is 16.5. The summed E-state index contributed by atoms with van der Waals surface area (Å²) in [6, 6.07) is 14.9. The molecule has 0 aliphatic rings. The number of hydrogen-bond donors (Lipinski definition) is 2. The Morgan fingerprint density at radius 2 is 1.93 bits per heavy atom. The van der Waals surface area contributed by atoms with Gasteiger partial charge in [0.25, 0.3) is 5.91 Å². The molecule has 0 aliphatic heterocycles. The summed E-state index contributed by atoms with van der Waals surface area (Å²) in [5.74, 6) is 1.29. The van der Waals surface area contributed by atoms with Crippen LogP contribution in [-0.2, 0) is 6.54 Å². The van der Waals surface area contributed by atoms with E-state index < -0.39 is 0 Å². The molecule has 28 heavy (non-hydrogen) atoms. The number of carbonyl (C=O) groups excluding carboxylic acids is 1. The summed E-state index contributed by atoms with van der Waals surface area (Å²) in [4.78, 5) is 20.9. The molecule has 0 bridgehead atoms. The molecule has 3 rings (SSSR count). The van der Waals surface area contributed by atoms with Crippen molar-refractivity contribution < 1.29 is 14.3 Å². The quantitative estimate of drug-likeness (QED) is 0.655. The Morgan fingerprint density at radius 3 is 2.68 bits per heavy atom. The zero-order chi connectivity index (χ0) is 19.9. The van der Waals surface area contributed by atoms with Crippen LogP contribution in [0.5, 0.6) is 11.5 Å². The Kier molecular flexibility index (Phi) is 6.06. The van der Waals surface area contributed by atoms with Crippen LogP contribution in [0.3, 0.4) is 0 Å². The second-order valence-corrected chi connectivity index (χ2v) is 6.13. The van der Waals surface area contributed by atoms with Crippen LogP contribution >= 0.6 is 0 Å². The number of anilines is 2. The molecular formula is C21H22N4O3. The van der Waals surface area contributed by atoms with Crippen molar-refractivity contribution in [2.24, 2.45) is 0 Å².